The largest absolute Gasteiger partial charge is 0.451 e. The molecule has 0 spiro atoms. The number of alkyl halides is 1. The summed E-state index contributed by atoms with van der Waals surface area (Å²) in [6, 6.07) is 13.3. The number of nitrogens with one attached hydrogen (secondary N) is 2. The highest BCUT2D eigenvalue weighted by Crippen LogP contribution is 2.34. The zero-order chi connectivity index (χ0) is 34.6. The van der Waals surface area contributed by atoms with Gasteiger partial charge in [-0.2, -0.15) is 4.39 Å². The standard InChI is InChI=1S/C36H47BrFN5O5/c1-23(2)19-28(39-32(44)27-21-25(37)12-13-30(27)48-31(38)33(45)40-36(3)14-15-36)34(46)43-16-8-11-29(43)35(47)42-18-17-41(4)26(22-42)20-24-9-6-5-7-10-24/h5-7,9-10,12-13,21,23,26,28-29,31H,8,11,14-20,22H2,1-4H3,(H,39,44)(H,40,45)/t26-,28+,29+,31?/m0/s1. The first-order chi connectivity index (χ1) is 22.8. The Balaban J connectivity index is 1.28. The molecule has 2 aliphatic heterocycles. The molecule has 1 saturated carbocycles. The van der Waals surface area contributed by atoms with Gasteiger partial charge in [-0.25, -0.2) is 0 Å². The molecule has 4 amide bonds. The molecule has 4 atom stereocenters. The third-order valence-corrected chi connectivity index (χ3v) is 10.1. The Morgan fingerprint density at radius 1 is 1.06 bits per heavy atom. The molecule has 10 nitrogen and oxygen atoms in total. The van der Waals surface area contributed by atoms with Crippen LogP contribution in [0.5, 0.6) is 5.75 Å². The lowest BCUT2D eigenvalue weighted by molar-refractivity contribution is -0.146. The predicted molar refractivity (Wildman–Crippen MR) is 184 cm³/mol. The smallest absolute Gasteiger partial charge is 0.316 e. The van der Waals surface area contributed by atoms with Crippen LogP contribution in [0.4, 0.5) is 4.39 Å². The van der Waals surface area contributed by atoms with Gasteiger partial charge in [-0.1, -0.05) is 60.1 Å². The number of nitrogens with zero attached hydrogens (tertiary/aromatic N) is 3. The van der Waals surface area contributed by atoms with E-state index in [4.69, 9.17) is 4.74 Å². The van der Waals surface area contributed by atoms with E-state index in [9.17, 15) is 23.6 Å². The van der Waals surface area contributed by atoms with E-state index in [-0.39, 0.29) is 35.1 Å². The number of carbonyl (C=O) groups is 4. The van der Waals surface area contributed by atoms with Gasteiger partial charge in [-0.15, -0.1) is 0 Å². The maximum atomic E-state index is 14.9. The van der Waals surface area contributed by atoms with Crippen molar-refractivity contribution in [2.75, 3.05) is 33.2 Å². The van der Waals surface area contributed by atoms with E-state index >= 15 is 0 Å². The number of halogens is 2. The second kappa shape index (κ2) is 15.4. The second-order valence-corrected chi connectivity index (χ2v) is 15.0. The molecule has 0 bridgehead atoms. The summed E-state index contributed by atoms with van der Waals surface area (Å²) in [6.45, 7) is 8.07. The summed E-state index contributed by atoms with van der Waals surface area (Å²) in [6.07, 6.45) is 1.62. The van der Waals surface area contributed by atoms with Crippen LogP contribution in [0.3, 0.4) is 0 Å². The molecule has 2 aromatic carbocycles. The molecule has 2 saturated heterocycles. The maximum absolute atomic E-state index is 14.9. The number of hydrogen-bond donors (Lipinski definition) is 2. The van der Waals surface area contributed by atoms with Gasteiger partial charge in [-0.05, 0) is 82.2 Å². The van der Waals surface area contributed by atoms with Gasteiger partial charge in [0.2, 0.25) is 11.8 Å². The van der Waals surface area contributed by atoms with Crippen LogP contribution in [0.25, 0.3) is 0 Å². The second-order valence-electron chi connectivity index (χ2n) is 14.1. The van der Waals surface area contributed by atoms with Crippen molar-refractivity contribution in [1.82, 2.24) is 25.3 Å². The zero-order valence-corrected chi connectivity index (χ0v) is 29.8. The van der Waals surface area contributed by atoms with Crippen LogP contribution in [-0.4, -0.2) is 102 Å². The van der Waals surface area contributed by atoms with E-state index in [0.29, 0.717) is 43.4 Å². The minimum Gasteiger partial charge on any atom is -0.451 e. The summed E-state index contributed by atoms with van der Waals surface area (Å²) in [5.41, 5.74) is 0.762. The highest BCUT2D eigenvalue weighted by Gasteiger charge is 2.42. The Morgan fingerprint density at radius 2 is 1.79 bits per heavy atom. The normalized spacial score (nSPS) is 21.8. The van der Waals surface area contributed by atoms with E-state index in [1.54, 1.807) is 11.0 Å². The molecule has 5 rings (SSSR count). The Bertz CT molecular complexity index is 1490. The van der Waals surface area contributed by atoms with Gasteiger partial charge in [0.15, 0.2) is 0 Å². The number of likely N-dealkylation sites (N-methyl/N-ethyl adjacent to an activating group) is 1. The van der Waals surface area contributed by atoms with Crippen LogP contribution >= 0.6 is 15.9 Å². The molecule has 260 valence electrons. The average Bonchev–Trinajstić information content (AvgIpc) is 3.57. The summed E-state index contributed by atoms with van der Waals surface area (Å²) in [5.74, 6) is -2.00. The number of rotatable bonds is 12. The molecule has 3 fully saturated rings. The molecular formula is C36H47BrFN5O5. The van der Waals surface area contributed by atoms with E-state index in [1.165, 1.54) is 17.7 Å². The van der Waals surface area contributed by atoms with Gasteiger partial charge in [-0.3, -0.25) is 24.1 Å². The van der Waals surface area contributed by atoms with Crippen molar-refractivity contribution in [3.63, 3.8) is 0 Å². The first-order valence-electron chi connectivity index (χ1n) is 16.9. The third kappa shape index (κ3) is 8.93. The molecule has 48 heavy (non-hydrogen) atoms. The number of piperazine rings is 1. The highest BCUT2D eigenvalue weighted by molar-refractivity contribution is 9.10. The fourth-order valence-corrected chi connectivity index (χ4v) is 6.85. The molecule has 12 heteroatoms. The number of likely N-dealkylation sites (tertiary alicyclic amines) is 1. The molecule has 0 radical (unpaired) electrons. The van der Waals surface area contributed by atoms with Crippen LogP contribution in [0, 0.1) is 5.92 Å². The SMILES string of the molecule is CC(C)C[C@@H](NC(=O)c1cc(Br)ccc1OC(F)C(=O)NC1(C)CC1)C(=O)N1CCC[C@@H]1C(=O)N1CCN(C)[C@@H](Cc2ccccc2)C1. The third-order valence-electron chi connectivity index (χ3n) is 9.58. The fourth-order valence-electron chi connectivity index (χ4n) is 6.49. The van der Waals surface area contributed by atoms with E-state index in [2.05, 4.69) is 50.6 Å². The van der Waals surface area contributed by atoms with Crippen molar-refractivity contribution in [2.45, 2.75) is 89.3 Å². The monoisotopic (exact) mass is 727 g/mol. The first kappa shape index (κ1) is 35.8. The fraction of sp³-hybridized carbons (Fsp3) is 0.556. The van der Waals surface area contributed by atoms with Gasteiger partial charge in [0.05, 0.1) is 5.56 Å². The number of carbonyl (C=O) groups excluding carboxylic acids is 4. The van der Waals surface area contributed by atoms with Crippen LogP contribution in [0.2, 0.25) is 0 Å². The number of ether oxygens (including phenoxy) is 1. The van der Waals surface area contributed by atoms with Crippen LogP contribution in [0.1, 0.15) is 68.8 Å². The Kier molecular flexibility index (Phi) is 11.5. The average molecular weight is 729 g/mol. The lowest BCUT2D eigenvalue weighted by Crippen LogP contribution is -2.59. The number of benzene rings is 2. The van der Waals surface area contributed by atoms with Crippen molar-refractivity contribution in [3.05, 3.63) is 64.1 Å². The molecule has 1 unspecified atom stereocenters. The van der Waals surface area contributed by atoms with Gasteiger partial charge < -0.3 is 25.2 Å². The molecule has 2 aromatic rings. The minimum atomic E-state index is -2.32. The van der Waals surface area contributed by atoms with E-state index in [1.807, 2.05) is 43.9 Å². The number of hydrogen-bond acceptors (Lipinski definition) is 6. The quantitative estimate of drug-likeness (QED) is 0.337. The van der Waals surface area contributed by atoms with Crippen LogP contribution in [-0.2, 0) is 20.8 Å². The van der Waals surface area contributed by atoms with Crippen molar-refractivity contribution >= 4 is 39.6 Å². The number of amides is 4. The summed E-state index contributed by atoms with van der Waals surface area (Å²) in [7, 11) is 2.08. The van der Waals surface area contributed by atoms with Gasteiger partial charge in [0, 0.05) is 42.2 Å². The summed E-state index contributed by atoms with van der Waals surface area (Å²) >= 11 is 3.36. The molecule has 2 heterocycles. The van der Waals surface area contributed by atoms with E-state index in [0.717, 1.165) is 25.8 Å². The lowest BCUT2D eigenvalue weighted by Gasteiger charge is -2.41. The zero-order valence-electron chi connectivity index (χ0n) is 28.2. The lowest BCUT2D eigenvalue weighted by atomic mass is 10.0. The highest BCUT2D eigenvalue weighted by atomic mass is 79.9. The minimum absolute atomic E-state index is 0.0186. The van der Waals surface area contributed by atoms with Crippen molar-refractivity contribution < 1.29 is 28.3 Å². The van der Waals surface area contributed by atoms with Gasteiger partial charge in [0.1, 0.15) is 17.8 Å². The Labute approximate surface area is 290 Å². The molecule has 3 aliphatic rings. The summed E-state index contributed by atoms with van der Waals surface area (Å²) < 4.78 is 20.8. The van der Waals surface area contributed by atoms with E-state index < -0.39 is 35.8 Å². The summed E-state index contributed by atoms with van der Waals surface area (Å²) in [5, 5.41) is 5.48. The van der Waals surface area contributed by atoms with Gasteiger partial charge in [0.25, 0.3) is 11.8 Å². The van der Waals surface area contributed by atoms with Crippen molar-refractivity contribution in [3.8, 4) is 5.75 Å². The summed E-state index contributed by atoms with van der Waals surface area (Å²) in [4.78, 5) is 60.0. The molecule has 0 aromatic heterocycles. The van der Waals surface area contributed by atoms with Gasteiger partial charge >= 0.3 is 6.36 Å². The van der Waals surface area contributed by atoms with Crippen LogP contribution < -0.4 is 15.4 Å². The molecule has 1 aliphatic carbocycles. The Hall–Kier alpha value is -3.51. The van der Waals surface area contributed by atoms with Crippen molar-refractivity contribution in [1.29, 1.82) is 0 Å². The molecular weight excluding hydrogens is 681 g/mol. The predicted octanol–water partition coefficient (Wildman–Crippen LogP) is 4.31. The first-order valence-corrected chi connectivity index (χ1v) is 17.7. The maximum Gasteiger partial charge on any atom is 0.316 e. The Morgan fingerprint density at radius 3 is 2.48 bits per heavy atom. The molecule has 2 N–H and O–H groups in total. The topological polar surface area (TPSA) is 111 Å². The van der Waals surface area contributed by atoms with Crippen molar-refractivity contribution in [2.24, 2.45) is 5.92 Å². The van der Waals surface area contributed by atoms with Crippen LogP contribution in [0.15, 0.2) is 53.0 Å².